The molecule has 0 radical (unpaired) electrons. The Kier molecular flexibility index (Phi) is 6.37. The van der Waals surface area contributed by atoms with Gasteiger partial charge in [-0.25, -0.2) is 4.79 Å². The molecule has 0 amide bonds. The van der Waals surface area contributed by atoms with Crippen molar-refractivity contribution in [2.24, 2.45) is 16.1 Å². The van der Waals surface area contributed by atoms with Crippen LogP contribution in [-0.4, -0.2) is 19.1 Å². The van der Waals surface area contributed by atoms with E-state index in [0.29, 0.717) is 12.5 Å². The molecule has 0 aliphatic heterocycles. The Balaban J connectivity index is 2.13. The molecule has 1 aliphatic carbocycles. The molecule has 2 rings (SSSR count). The van der Waals surface area contributed by atoms with Crippen LogP contribution in [-0.2, 0) is 9.53 Å². The third-order valence-electron chi connectivity index (χ3n) is 4.12. The van der Waals surface area contributed by atoms with Gasteiger partial charge in [0, 0.05) is 11.3 Å². The number of hydrogen-bond donors (Lipinski definition) is 1. The number of nitrogens with zero attached hydrogens (tertiary/aromatic N) is 2. The van der Waals surface area contributed by atoms with Crippen LogP contribution in [0.5, 0.6) is 0 Å². The van der Waals surface area contributed by atoms with Gasteiger partial charge in [0.2, 0.25) is 0 Å². The van der Waals surface area contributed by atoms with E-state index < -0.39 is 0 Å². The summed E-state index contributed by atoms with van der Waals surface area (Å²) in [5.74, 6) is 0.110. The number of carbonyl (C=O) groups is 1. The summed E-state index contributed by atoms with van der Waals surface area (Å²) in [4.78, 5) is 11.4. The number of anilines is 1. The molecule has 1 atom stereocenters. The normalized spacial score (nSPS) is 17.5. The topological polar surface area (TPSA) is 77.0 Å². The molecule has 0 saturated heterocycles. The van der Waals surface area contributed by atoms with E-state index in [0.717, 1.165) is 24.1 Å². The molecule has 0 spiro atoms. The lowest BCUT2D eigenvalue weighted by atomic mass is 9.81. The third kappa shape index (κ3) is 4.55. The van der Waals surface area contributed by atoms with E-state index >= 15 is 0 Å². The Morgan fingerprint density at radius 3 is 2.73 bits per heavy atom. The molecule has 120 valence electrons. The largest absolute Gasteiger partial charge is 0.465 e. The fourth-order valence-electron chi connectivity index (χ4n) is 3.03. The fourth-order valence-corrected chi connectivity index (χ4v) is 3.03. The van der Waals surface area contributed by atoms with Crippen molar-refractivity contribution in [1.82, 2.24) is 0 Å². The Morgan fingerprint density at radius 2 is 2.05 bits per heavy atom. The van der Waals surface area contributed by atoms with Gasteiger partial charge < -0.3 is 10.5 Å². The maximum absolute atomic E-state index is 11.4. The van der Waals surface area contributed by atoms with Crippen LogP contribution in [0.1, 0.15) is 50.6 Å². The lowest BCUT2D eigenvalue weighted by Gasteiger charge is -2.27. The highest BCUT2D eigenvalue weighted by Gasteiger charge is 2.26. The molecule has 5 nitrogen and oxygen atoms in total. The van der Waals surface area contributed by atoms with Crippen molar-refractivity contribution in [1.29, 1.82) is 0 Å². The molecule has 0 aromatic heterocycles. The van der Waals surface area contributed by atoms with Crippen molar-refractivity contribution in [3.63, 3.8) is 0 Å². The lowest BCUT2D eigenvalue weighted by molar-refractivity contribution is -0.141. The van der Waals surface area contributed by atoms with E-state index in [1.807, 2.05) is 24.3 Å². The second-order valence-electron chi connectivity index (χ2n) is 5.69. The Morgan fingerprint density at radius 1 is 1.32 bits per heavy atom. The van der Waals surface area contributed by atoms with Gasteiger partial charge in [-0.05, 0) is 31.7 Å². The Labute approximate surface area is 132 Å². The monoisotopic (exact) mass is 303 g/mol. The van der Waals surface area contributed by atoms with Gasteiger partial charge in [0.1, 0.15) is 6.04 Å². The van der Waals surface area contributed by atoms with Crippen molar-refractivity contribution in [3.8, 4) is 0 Å². The van der Waals surface area contributed by atoms with Gasteiger partial charge >= 0.3 is 5.97 Å². The second kappa shape index (κ2) is 8.51. The first-order valence-electron chi connectivity index (χ1n) is 8.09. The van der Waals surface area contributed by atoms with Crippen molar-refractivity contribution >= 4 is 11.7 Å². The van der Waals surface area contributed by atoms with Gasteiger partial charge in [-0.15, -0.1) is 0 Å². The zero-order valence-corrected chi connectivity index (χ0v) is 13.2. The molecule has 1 unspecified atom stereocenters. The summed E-state index contributed by atoms with van der Waals surface area (Å²) in [5, 5.41) is 8.52. The number of carbonyl (C=O) groups excluding carboxylic acids is 1. The molecule has 0 heterocycles. The van der Waals surface area contributed by atoms with Crippen LogP contribution < -0.4 is 5.73 Å². The number of ether oxygens (including phenoxy) is 1. The highest BCUT2D eigenvalue weighted by atomic mass is 16.5. The summed E-state index contributed by atoms with van der Waals surface area (Å²) in [6.07, 6.45) is 6.00. The van der Waals surface area contributed by atoms with Crippen molar-refractivity contribution in [3.05, 3.63) is 29.8 Å². The molecule has 5 heteroatoms. The summed E-state index contributed by atoms with van der Waals surface area (Å²) in [7, 11) is 0. The molecule has 2 N–H and O–H groups in total. The first kappa shape index (κ1) is 16.5. The van der Waals surface area contributed by atoms with Gasteiger partial charge in [-0.2, -0.15) is 10.2 Å². The summed E-state index contributed by atoms with van der Waals surface area (Å²) in [5.41, 5.74) is 7.87. The smallest absolute Gasteiger partial charge is 0.329 e. The highest BCUT2D eigenvalue weighted by molar-refractivity contribution is 5.71. The molecular formula is C17H25N3O2. The van der Waals surface area contributed by atoms with Crippen molar-refractivity contribution in [2.45, 2.75) is 45.1 Å². The van der Waals surface area contributed by atoms with Gasteiger partial charge in [0.25, 0.3) is 0 Å². The lowest BCUT2D eigenvalue weighted by Crippen LogP contribution is -2.16. The van der Waals surface area contributed by atoms with Crippen molar-refractivity contribution < 1.29 is 9.53 Å². The average Bonchev–Trinajstić information content (AvgIpc) is 2.54. The number of esters is 1. The van der Waals surface area contributed by atoms with E-state index in [1.54, 1.807) is 6.92 Å². The van der Waals surface area contributed by atoms with Gasteiger partial charge in [0.15, 0.2) is 6.54 Å². The van der Waals surface area contributed by atoms with Crippen LogP contribution in [0.25, 0.3) is 0 Å². The molecular weight excluding hydrogens is 278 g/mol. The van der Waals surface area contributed by atoms with Crippen LogP contribution in [0.4, 0.5) is 5.69 Å². The van der Waals surface area contributed by atoms with Crippen molar-refractivity contribution in [2.75, 3.05) is 18.9 Å². The van der Waals surface area contributed by atoms with E-state index in [9.17, 15) is 4.79 Å². The van der Waals surface area contributed by atoms with E-state index in [4.69, 9.17) is 10.5 Å². The number of rotatable bonds is 6. The first-order chi connectivity index (χ1) is 10.7. The minimum atomic E-state index is -0.338. The Bertz CT molecular complexity index is 510. The molecule has 1 aromatic rings. The van der Waals surface area contributed by atoms with E-state index in [-0.39, 0.29) is 18.6 Å². The molecule has 1 saturated carbocycles. The van der Waals surface area contributed by atoms with Crippen LogP contribution in [0.3, 0.4) is 0 Å². The predicted octanol–water partition coefficient (Wildman–Crippen LogP) is 3.91. The van der Waals surface area contributed by atoms with Gasteiger partial charge in [-0.3, -0.25) is 0 Å². The number of benzene rings is 1. The Hall–Kier alpha value is -1.91. The second-order valence-corrected chi connectivity index (χ2v) is 5.69. The summed E-state index contributed by atoms with van der Waals surface area (Å²) >= 11 is 0. The van der Waals surface area contributed by atoms with Gasteiger partial charge in [-0.1, -0.05) is 37.5 Å². The van der Waals surface area contributed by atoms with Gasteiger partial charge in [0.05, 0.1) is 6.61 Å². The standard InChI is InChI=1S/C17H25N3O2/c1-2-22-16(21)12-19-20-17(13-8-4-3-5-9-13)14-10-6-7-11-15(14)18/h6-7,10-11,13,17H,2-5,8-9,12,18H2,1H3. The quantitative estimate of drug-likeness (QED) is 0.492. The number of azo groups is 1. The maximum atomic E-state index is 11.4. The summed E-state index contributed by atoms with van der Waals surface area (Å²) in [6, 6.07) is 7.75. The number of nitrogen functional groups attached to an aromatic ring is 1. The molecule has 1 fully saturated rings. The van der Waals surface area contributed by atoms with Crippen LogP contribution in [0, 0.1) is 5.92 Å². The number of para-hydroxylation sites is 1. The molecule has 0 bridgehead atoms. The number of nitrogens with two attached hydrogens (primary N) is 1. The minimum absolute atomic E-state index is 0.0240. The van der Waals surface area contributed by atoms with Crippen LogP contribution in [0.15, 0.2) is 34.5 Å². The predicted molar refractivity (Wildman–Crippen MR) is 86.5 cm³/mol. The highest BCUT2D eigenvalue weighted by Crippen LogP contribution is 2.39. The SMILES string of the molecule is CCOC(=O)CN=NC(c1ccccc1N)C1CCCCC1. The first-order valence-corrected chi connectivity index (χ1v) is 8.09. The maximum Gasteiger partial charge on any atom is 0.329 e. The minimum Gasteiger partial charge on any atom is -0.465 e. The van der Waals surface area contributed by atoms with E-state index in [2.05, 4.69) is 10.2 Å². The summed E-state index contributed by atoms with van der Waals surface area (Å²) in [6.45, 7) is 2.13. The number of hydrogen-bond acceptors (Lipinski definition) is 5. The summed E-state index contributed by atoms with van der Waals surface area (Å²) < 4.78 is 4.88. The molecule has 1 aromatic carbocycles. The zero-order chi connectivity index (χ0) is 15.8. The third-order valence-corrected chi connectivity index (χ3v) is 4.12. The molecule has 1 aliphatic rings. The fraction of sp³-hybridized carbons (Fsp3) is 0.588. The average molecular weight is 303 g/mol. The molecule has 22 heavy (non-hydrogen) atoms. The van der Waals surface area contributed by atoms with Crippen LogP contribution >= 0.6 is 0 Å². The zero-order valence-electron chi connectivity index (χ0n) is 13.2. The van der Waals surface area contributed by atoms with Crippen LogP contribution in [0.2, 0.25) is 0 Å². The van der Waals surface area contributed by atoms with E-state index in [1.165, 1.54) is 19.3 Å².